The van der Waals surface area contributed by atoms with Gasteiger partial charge in [0.25, 0.3) is 0 Å². The Morgan fingerprint density at radius 1 is 1.35 bits per heavy atom. The van der Waals surface area contributed by atoms with E-state index in [9.17, 15) is 4.79 Å². The Kier molecular flexibility index (Phi) is 4.16. The average Bonchev–Trinajstić information content (AvgIpc) is 3.10. The fourth-order valence-electron chi connectivity index (χ4n) is 2.65. The molecule has 0 bridgehead atoms. The molecule has 2 saturated heterocycles. The number of piperazine rings is 1. The minimum Gasteiger partial charge on any atom is -0.465 e. The van der Waals surface area contributed by atoms with Gasteiger partial charge in [0.1, 0.15) is 5.82 Å². The van der Waals surface area contributed by atoms with Crippen LogP contribution >= 0.6 is 11.5 Å². The van der Waals surface area contributed by atoms with Crippen LogP contribution in [0.1, 0.15) is 19.2 Å². The largest absolute Gasteiger partial charge is 0.465 e. The van der Waals surface area contributed by atoms with Gasteiger partial charge in [0.15, 0.2) is 0 Å². The number of hydrogen-bond donors (Lipinski definition) is 0. The quantitative estimate of drug-likeness (QED) is 0.766. The fourth-order valence-corrected chi connectivity index (χ4v) is 3.45. The highest BCUT2D eigenvalue weighted by atomic mass is 32.1. The van der Waals surface area contributed by atoms with Crippen LogP contribution in [0.25, 0.3) is 0 Å². The lowest BCUT2D eigenvalue weighted by Gasteiger charge is -2.34. The summed E-state index contributed by atoms with van der Waals surface area (Å²) in [6.07, 6.45) is 1.76. The van der Waals surface area contributed by atoms with E-state index in [0.29, 0.717) is 6.61 Å². The van der Waals surface area contributed by atoms with Crippen LogP contribution < -0.4 is 4.90 Å². The zero-order valence-corrected chi connectivity index (χ0v) is 12.6. The molecule has 1 aromatic heterocycles. The van der Waals surface area contributed by atoms with Gasteiger partial charge in [-0.05, 0) is 6.42 Å². The first kappa shape index (κ1) is 13.8. The molecule has 2 fully saturated rings. The number of aromatic nitrogens is 2. The molecule has 2 aliphatic rings. The molecule has 3 rings (SSSR count). The molecule has 6 nitrogen and oxygen atoms in total. The van der Waals surface area contributed by atoms with Crippen LogP contribution in [0.3, 0.4) is 0 Å². The fraction of sp³-hybridized carbons (Fsp3) is 0.769. The summed E-state index contributed by atoms with van der Waals surface area (Å²) in [5, 5.41) is 1.03. The normalized spacial score (nSPS) is 24.1. The van der Waals surface area contributed by atoms with E-state index in [2.05, 4.69) is 26.1 Å². The number of esters is 1. The lowest BCUT2D eigenvalue weighted by molar-refractivity contribution is -0.141. The minimum absolute atomic E-state index is 0.0239. The molecule has 7 heteroatoms. The van der Waals surface area contributed by atoms with Crippen LogP contribution in [-0.2, 0) is 16.0 Å². The molecule has 110 valence electrons. The second-order valence-corrected chi connectivity index (χ2v) is 6.02. The molecule has 0 spiro atoms. The summed E-state index contributed by atoms with van der Waals surface area (Å²) in [5.74, 6) is 0.986. The molecular formula is C13H20N4O2S. The Hall–Kier alpha value is -1.21. The Bertz CT molecular complexity index is 471. The highest BCUT2D eigenvalue weighted by molar-refractivity contribution is 7.09. The third-order valence-electron chi connectivity index (χ3n) is 3.94. The number of ether oxygens (including phenoxy) is 1. The number of cyclic esters (lactones) is 1. The number of carbonyl (C=O) groups is 1. The van der Waals surface area contributed by atoms with Crippen LogP contribution in [0.5, 0.6) is 0 Å². The molecule has 1 atom stereocenters. The van der Waals surface area contributed by atoms with Crippen molar-refractivity contribution in [2.45, 2.75) is 19.8 Å². The summed E-state index contributed by atoms with van der Waals surface area (Å²) in [6.45, 7) is 7.37. The van der Waals surface area contributed by atoms with Crippen LogP contribution in [0.15, 0.2) is 0 Å². The predicted molar refractivity (Wildman–Crippen MR) is 77.0 cm³/mol. The molecule has 0 aliphatic carbocycles. The molecular weight excluding hydrogens is 276 g/mol. The first-order valence-electron chi connectivity index (χ1n) is 7.23. The number of carbonyl (C=O) groups excluding carboxylic acids is 1. The number of nitrogens with zero attached hydrogens (tertiary/aromatic N) is 4. The Morgan fingerprint density at radius 3 is 2.75 bits per heavy atom. The van der Waals surface area contributed by atoms with Gasteiger partial charge in [0.05, 0.1) is 12.5 Å². The van der Waals surface area contributed by atoms with Gasteiger partial charge in [0, 0.05) is 50.7 Å². The van der Waals surface area contributed by atoms with Crippen molar-refractivity contribution in [2.75, 3.05) is 44.2 Å². The summed E-state index contributed by atoms with van der Waals surface area (Å²) in [7, 11) is 0. The van der Waals surface area contributed by atoms with E-state index in [1.807, 2.05) is 0 Å². The van der Waals surface area contributed by atoms with E-state index in [-0.39, 0.29) is 11.9 Å². The van der Waals surface area contributed by atoms with Crippen molar-refractivity contribution in [2.24, 2.45) is 5.92 Å². The summed E-state index contributed by atoms with van der Waals surface area (Å²) in [6, 6.07) is 0. The van der Waals surface area contributed by atoms with E-state index in [0.717, 1.165) is 56.5 Å². The summed E-state index contributed by atoms with van der Waals surface area (Å²) in [4.78, 5) is 20.7. The van der Waals surface area contributed by atoms with Gasteiger partial charge in [-0.15, -0.1) is 0 Å². The number of aryl methyl sites for hydroxylation is 1. The van der Waals surface area contributed by atoms with Gasteiger partial charge in [-0.3, -0.25) is 9.69 Å². The van der Waals surface area contributed by atoms with E-state index >= 15 is 0 Å². The molecule has 20 heavy (non-hydrogen) atoms. The lowest BCUT2D eigenvalue weighted by Crippen LogP contribution is -2.48. The highest BCUT2D eigenvalue weighted by Gasteiger charge is 2.30. The van der Waals surface area contributed by atoms with Crippen molar-refractivity contribution in [3.8, 4) is 0 Å². The Balaban J connectivity index is 1.50. The third kappa shape index (κ3) is 2.93. The van der Waals surface area contributed by atoms with Crippen molar-refractivity contribution in [3.05, 3.63) is 5.82 Å². The van der Waals surface area contributed by atoms with Crippen molar-refractivity contribution in [3.63, 3.8) is 0 Å². The van der Waals surface area contributed by atoms with E-state index < -0.39 is 0 Å². The van der Waals surface area contributed by atoms with Crippen LogP contribution in [-0.4, -0.2) is 59.6 Å². The van der Waals surface area contributed by atoms with Crippen LogP contribution in [0, 0.1) is 5.92 Å². The minimum atomic E-state index is -0.0239. The Labute approximate surface area is 122 Å². The number of anilines is 1. The highest BCUT2D eigenvalue weighted by Crippen LogP contribution is 2.21. The topological polar surface area (TPSA) is 58.6 Å². The van der Waals surface area contributed by atoms with Crippen LogP contribution in [0.4, 0.5) is 5.13 Å². The number of hydrogen-bond acceptors (Lipinski definition) is 7. The maximum Gasteiger partial charge on any atom is 0.310 e. The lowest BCUT2D eigenvalue weighted by atomic mass is 10.1. The predicted octanol–water partition coefficient (Wildman–Crippen LogP) is 0.786. The molecule has 0 amide bonds. The maximum absolute atomic E-state index is 11.5. The van der Waals surface area contributed by atoms with Crippen molar-refractivity contribution in [1.29, 1.82) is 0 Å². The van der Waals surface area contributed by atoms with Crippen molar-refractivity contribution < 1.29 is 9.53 Å². The monoisotopic (exact) mass is 296 g/mol. The number of rotatable bonds is 4. The van der Waals surface area contributed by atoms with E-state index in [4.69, 9.17) is 4.74 Å². The molecule has 0 aromatic carbocycles. The van der Waals surface area contributed by atoms with Gasteiger partial charge >= 0.3 is 5.97 Å². The maximum atomic E-state index is 11.5. The second kappa shape index (κ2) is 6.05. The van der Waals surface area contributed by atoms with Gasteiger partial charge in [-0.25, -0.2) is 4.98 Å². The third-order valence-corrected chi connectivity index (χ3v) is 4.75. The standard InChI is InChI=1S/C13H20N4O2S/c1-2-11-14-13(20-15-11)17-6-4-16(5-7-17)9-10-3-8-19-12(10)18/h10H,2-9H2,1H3. The van der Waals surface area contributed by atoms with Gasteiger partial charge < -0.3 is 9.64 Å². The first-order valence-corrected chi connectivity index (χ1v) is 8.00. The SMILES string of the molecule is CCc1nsc(N2CCN(CC3CCOC3=O)CC2)n1. The molecule has 3 heterocycles. The van der Waals surface area contributed by atoms with Gasteiger partial charge in [-0.2, -0.15) is 4.37 Å². The van der Waals surface area contributed by atoms with Crippen molar-refractivity contribution >= 4 is 22.6 Å². The molecule has 1 unspecified atom stereocenters. The second-order valence-electron chi connectivity index (χ2n) is 5.29. The molecule has 0 radical (unpaired) electrons. The molecule has 2 aliphatic heterocycles. The van der Waals surface area contributed by atoms with Crippen LogP contribution in [0.2, 0.25) is 0 Å². The van der Waals surface area contributed by atoms with Crippen molar-refractivity contribution in [1.82, 2.24) is 14.3 Å². The van der Waals surface area contributed by atoms with Gasteiger partial charge in [-0.1, -0.05) is 6.92 Å². The first-order chi connectivity index (χ1) is 9.76. The smallest absolute Gasteiger partial charge is 0.310 e. The van der Waals surface area contributed by atoms with Gasteiger partial charge in [0.2, 0.25) is 5.13 Å². The zero-order valence-electron chi connectivity index (χ0n) is 11.7. The molecule has 0 saturated carbocycles. The molecule has 1 aromatic rings. The zero-order chi connectivity index (χ0) is 13.9. The summed E-state index contributed by atoms with van der Waals surface area (Å²) >= 11 is 1.49. The summed E-state index contributed by atoms with van der Waals surface area (Å²) < 4.78 is 9.36. The van der Waals surface area contributed by atoms with E-state index in [1.165, 1.54) is 11.5 Å². The molecule has 0 N–H and O–H groups in total. The van der Waals surface area contributed by atoms with E-state index in [1.54, 1.807) is 0 Å². The summed E-state index contributed by atoms with van der Waals surface area (Å²) in [5.41, 5.74) is 0. The Morgan fingerprint density at radius 2 is 2.15 bits per heavy atom. The average molecular weight is 296 g/mol.